The average molecular weight is 312 g/mol. The monoisotopic (exact) mass is 311 g/mol. The standard InChI is InChI=1S/C14H22BrN3/c1-4-13-17-12(15)8-14(18-13)16-11-6-5-9(2)10(3)7-11/h8-11H,4-7H2,1-3H3,(H,16,17,18). The SMILES string of the molecule is CCc1nc(Br)cc(NC2CCC(C)C(C)C2)n1. The van der Waals surface area contributed by atoms with Gasteiger partial charge in [0.1, 0.15) is 16.2 Å². The van der Waals surface area contributed by atoms with E-state index in [9.17, 15) is 0 Å². The second-order valence-corrected chi connectivity index (χ2v) is 6.27. The van der Waals surface area contributed by atoms with Crippen molar-refractivity contribution in [1.82, 2.24) is 9.97 Å². The molecule has 0 spiro atoms. The molecule has 0 saturated heterocycles. The first-order chi connectivity index (χ1) is 8.58. The average Bonchev–Trinajstić information content (AvgIpc) is 2.33. The summed E-state index contributed by atoms with van der Waals surface area (Å²) in [6, 6.07) is 2.53. The van der Waals surface area contributed by atoms with E-state index in [1.54, 1.807) is 0 Å². The summed E-state index contributed by atoms with van der Waals surface area (Å²) in [7, 11) is 0. The summed E-state index contributed by atoms with van der Waals surface area (Å²) < 4.78 is 0.870. The van der Waals surface area contributed by atoms with Gasteiger partial charge in [-0.15, -0.1) is 0 Å². The molecule has 1 aliphatic carbocycles. The predicted molar refractivity (Wildman–Crippen MR) is 78.7 cm³/mol. The molecule has 4 heteroatoms. The van der Waals surface area contributed by atoms with Crippen LogP contribution in [0.4, 0.5) is 5.82 Å². The number of anilines is 1. The quantitative estimate of drug-likeness (QED) is 0.856. The second-order valence-electron chi connectivity index (χ2n) is 5.45. The van der Waals surface area contributed by atoms with Gasteiger partial charge in [0.2, 0.25) is 0 Å². The molecule has 1 aromatic heterocycles. The Morgan fingerprint density at radius 2 is 2.06 bits per heavy atom. The topological polar surface area (TPSA) is 37.8 Å². The molecular weight excluding hydrogens is 290 g/mol. The molecule has 1 heterocycles. The van der Waals surface area contributed by atoms with Gasteiger partial charge in [-0.2, -0.15) is 0 Å². The van der Waals surface area contributed by atoms with Crippen LogP contribution in [0, 0.1) is 11.8 Å². The number of hydrogen-bond donors (Lipinski definition) is 1. The summed E-state index contributed by atoms with van der Waals surface area (Å²) in [4.78, 5) is 8.88. The largest absolute Gasteiger partial charge is 0.367 e. The first kappa shape index (κ1) is 13.8. The zero-order valence-corrected chi connectivity index (χ0v) is 13.0. The highest BCUT2D eigenvalue weighted by Gasteiger charge is 2.24. The summed E-state index contributed by atoms with van der Waals surface area (Å²) >= 11 is 3.45. The highest BCUT2D eigenvalue weighted by Crippen LogP contribution is 2.31. The highest BCUT2D eigenvalue weighted by atomic mass is 79.9. The Kier molecular flexibility index (Phi) is 4.60. The number of nitrogens with one attached hydrogen (secondary N) is 1. The first-order valence-corrected chi connectivity index (χ1v) is 7.67. The van der Waals surface area contributed by atoms with Crippen molar-refractivity contribution in [1.29, 1.82) is 0 Å². The van der Waals surface area contributed by atoms with Crippen LogP contribution >= 0.6 is 15.9 Å². The number of nitrogens with zero attached hydrogens (tertiary/aromatic N) is 2. The van der Waals surface area contributed by atoms with Crippen molar-refractivity contribution in [2.24, 2.45) is 11.8 Å². The van der Waals surface area contributed by atoms with Gasteiger partial charge in [0.05, 0.1) is 0 Å². The molecule has 18 heavy (non-hydrogen) atoms. The van der Waals surface area contributed by atoms with Gasteiger partial charge >= 0.3 is 0 Å². The first-order valence-electron chi connectivity index (χ1n) is 6.88. The third-order valence-corrected chi connectivity index (χ3v) is 4.41. The molecule has 3 nitrogen and oxygen atoms in total. The Morgan fingerprint density at radius 3 is 2.72 bits per heavy atom. The number of aromatic nitrogens is 2. The Labute approximate surface area is 118 Å². The minimum absolute atomic E-state index is 0.558. The van der Waals surface area contributed by atoms with E-state index < -0.39 is 0 Å². The Balaban J connectivity index is 2.03. The number of halogens is 1. The van der Waals surface area contributed by atoms with Gasteiger partial charge < -0.3 is 5.32 Å². The Bertz CT molecular complexity index is 408. The molecule has 0 radical (unpaired) electrons. The maximum atomic E-state index is 4.54. The minimum Gasteiger partial charge on any atom is -0.367 e. The smallest absolute Gasteiger partial charge is 0.131 e. The lowest BCUT2D eigenvalue weighted by molar-refractivity contribution is 0.260. The van der Waals surface area contributed by atoms with Crippen LogP contribution in [0.15, 0.2) is 10.7 Å². The van der Waals surface area contributed by atoms with E-state index >= 15 is 0 Å². The fraction of sp³-hybridized carbons (Fsp3) is 0.714. The van der Waals surface area contributed by atoms with Crippen LogP contribution in [0.25, 0.3) is 0 Å². The van der Waals surface area contributed by atoms with Crippen molar-refractivity contribution in [3.8, 4) is 0 Å². The lowest BCUT2D eigenvalue weighted by Gasteiger charge is -2.32. The highest BCUT2D eigenvalue weighted by molar-refractivity contribution is 9.10. The van der Waals surface area contributed by atoms with Crippen LogP contribution in [0.1, 0.15) is 45.9 Å². The van der Waals surface area contributed by atoms with Gasteiger partial charge in [0.25, 0.3) is 0 Å². The van der Waals surface area contributed by atoms with Crippen LogP contribution in [0.3, 0.4) is 0 Å². The number of hydrogen-bond acceptors (Lipinski definition) is 3. The molecule has 0 aromatic carbocycles. The summed E-state index contributed by atoms with van der Waals surface area (Å²) in [6.45, 7) is 6.79. The van der Waals surface area contributed by atoms with Crippen molar-refractivity contribution < 1.29 is 0 Å². The molecule has 1 aliphatic rings. The van der Waals surface area contributed by atoms with Crippen LogP contribution in [0.5, 0.6) is 0 Å². The molecule has 1 fully saturated rings. The van der Waals surface area contributed by atoms with Crippen LogP contribution in [0.2, 0.25) is 0 Å². The zero-order valence-electron chi connectivity index (χ0n) is 11.4. The molecule has 100 valence electrons. The lowest BCUT2D eigenvalue weighted by Crippen LogP contribution is -2.30. The van der Waals surface area contributed by atoms with Crippen molar-refractivity contribution in [3.05, 3.63) is 16.5 Å². The van der Waals surface area contributed by atoms with Crippen molar-refractivity contribution in [3.63, 3.8) is 0 Å². The maximum Gasteiger partial charge on any atom is 0.131 e. The Hall–Kier alpha value is -0.640. The van der Waals surface area contributed by atoms with E-state index in [4.69, 9.17) is 0 Å². The van der Waals surface area contributed by atoms with Crippen LogP contribution in [-0.2, 0) is 6.42 Å². The van der Waals surface area contributed by atoms with Gasteiger partial charge in [-0.25, -0.2) is 9.97 Å². The Morgan fingerprint density at radius 1 is 1.28 bits per heavy atom. The number of rotatable bonds is 3. The summed E-state index contributed by atoms with van der Waals surface area (Å²) in [6.07, 6.45) is 4.66. The van der Waals surface area contributed by atoms with Gasteiger partial charge in [-0.1, -0.05) is 20.8 Å². The van der Waals surface area contributed by atoms with E-state index in [1.807, 2.05) is 6.07 Å². The molecular formula is C14H22BrN3. The molecule has 3 atom stereocenters. The van der Waals surface area contributed by atoms with Crippen molar-refractivity contribution in [2.45, 2.75) is 52.5 Å². The normalized spacial score (nSPS) is 28.1. The molecule has 0 bridgehead atoms. The summed E-state index contributed by atoms with van der Waals surface area (Å²) in [5.74, 6) is 3.50. The third kappa shape index (κ3) is 3.44. The van der Waals surface area contributed by atoms with Crippen molar-refractivity contribution >= 4 is 21.7 Å². The summed E-state index contributed by atoms with van der Waals surface area (Å²) in [5.41, 5.74) is 0. The van der Waals surface area contributed by atoms with E-state index in [0.717, 1.165) is 34.5 Å². The zero-order chi connectivity index (χ0) is 13.1. The predicted octanol–water partition coefficient (Wildman–Crippen LogP) is 4.04. The summed E-state index contributed by atoms with van der Waals surface area (Å²) in [5, 5.41) is 3.57. The van der Waals surface area contributed by atoms with E-state index in [0.29, 0.717) is 6.04 Å². The fourth-order valence-corrected chi connectivity index (χ4v) is 3.01. The van der Waals surface area contributed by atoms with E-state index in [1.165, 1.54) is 19.3 Å². The van der Waals surface area contributed by atoms with Gasteiger partial charge in [-0.3, -0.25) is 0 Å². The van der Waals surface area contributed by atoms with E-state index in [2.05, 4.69) is 52.0 Å². The molecule has 0 aliphatic heterocycles. The van der Waals surface area contributed by atoms with Crippen LogP contribution in [-0.4, -0.2) is 16.0 Å². The molecule has 2 rings (SSSR count). The molecule has 3 unspecified atom stereocenters. The fourth-order valence-electron chi connectivity index (χ4n) is 2.58. The maximum absolute atomic E-state index is 4.54. The molecule has 1 saturated carbocycles. The van der Waals surface area contributed by atoms with Crippen LogP contribution < -0.4 is 5.32 Å². The molecule has 1 aromatic rings. The molecule has 1 N–H and O–H groups in total. The molecule has 0 amide bonds. The van der Waals surface area contributed by atoms with Gasteiger partial charge in [0, 0.05) is 18.5 Å². The van der Waals surface area contributed by atoms with Crippen molar-refractivity contribution in [2.75, 3.05) is 5.32 Å². The lowest BCUT2D eigenvalue weighted by atomic mass is 9.79. The third-order valence-electron chi connectivity index (χ3n) is 4.01. The van der Waals surface area contributed by atoms with Gasteiger partial charge in [0.15, 0.2) is 0 Å². The number of aryl methyl sites for hydroxylation is 1. The van der Waals surface area contributed by atoms with Gasteiger partial charge in [-0.05, 0) is 47.0 Å². The van der Waals surface area contributed by atoms with E-state index in [-0.39, 0.29) is 0 Å². The second kappa shape index (κ2) is 6.00. The minimum atomic E-state index is 0.558.